The average molecular weight is 472 g/mol. The number of aromatic carboxylic acids is 1. The van der Waals surface area contributed by atoms with E-state index in [1.165, 1.54) is 22.6 Å². The first-order valence-electron chi connectivity index (χ1n) is 6.14. The molecular formula is C13H11F6IO4. The first-order valence-corrected chi connectivity index (χ1v) is 7.21. The quantitative estimate of drug-likeness (QED) is 0.461. The Kier molecular flexibility index (Phi) is 6.36. The fourth-order valence-corrected chi connectivity index (χ4v) is 2.22. The summed E-state index contributed by atoms with van der Waals surface area (Å²) >= 11 is 1.53. The van der Waals surface area contributed by atoms with E-state index < -0.39 is 37.0 Å². The van der Waals surface area contributed by atoms with E-state index in [2.05, 4.69) is 9.47 Å². The molecule has 11 heteroatoms. The van der Waals surface area contributed by atoms with Crippen LogP contribution in [-0.2, 0) is 4.74 Å². The van der Waals surface area contributed by atoms with Gasteiger partial charge in [-0.15, -0.1) is 0 Å². The Hall–Kier alpha value is -1.24. The first kappa shape index (κ1) is 20.8. The van der Waals surface area contributed by atoms with Gasteiger partial charge in [-0.25, -0.2) is 4.79 Å². The minimum atomic E-state index is -5.71. The highest BCUT2D eigenvalue weighted by Gasteiger charge is 2.71. The van der Waals surface area contributed by atoms with Gasteiger partial charge in [0, 0.05) is 7.11 Å². The zero-order chi connectivity index (χ0) is 18.8. The second-order valence-corrected chi connectivity index (χ2v) is 5.82. The Balaban J connectivity index is 2.94. The van der Waals surface area contributed by atoms with Crippen LogP contribution in [-0.4, -0.2) is 49.2 Å². The van der Waals surface area contributed by atoms with Gasteiger partial charge >= 0.3 is 23.7 Å². The van der Waals surface area contributed by atoms with Crippen LogP contribution < -0.4 is 4.74 Å². The fourth-order valence-electron chi connectivity index (χ4n) is 1.55. The third-order valence-electron chi connectivity index (χ3n) is 2.83. The minimum absolute atomic E-state index is 0.0373. The lowest BCUT2D eigenvalue weighted by molar-refractivity contribution is -0.323. The second-order valence-electron chi connectivity index (χ2n) is 4.66. The van der Waals surface area contributed by atoms with Crippen LogP contribution in [0.15, 0.2) is 18.2 Å². The van der Waals surface area contributed by atoms with Crippen LogP contribution in [0.1, 0.15) is 10.4 Å². The van der Waals surface area contributed by atoms with E-state index in [1.807, 2.05) is 0 Å². The predicted molar refractivity (Wildman–Crippen MR) is 78.3 cm³/mol. The summed E-state index contributed by atoms with van der Waals surface area (Å²) in [6.07, 6.45) is 0. The second kappa shape index (κ2) is 7.33. The lowest BCUT2D eigenvalue weighted by Crippen LogP contribution is -2.58. The number of methoxy groups -OCH3 is 1. The summed E-state index contributed by atoms with van der Waals surface area (Å²) in [7, 11) is 0.672. The SMILES string of the molecule is COCC(F)(F)C(F)(F)C(F)(F)COc1ccc(C(=O)O)cc1I. The lowest BCUT2D eigenvalue weighted by Gasteiger charge is -2.32. The Morgan fingerprint density at radius 3 is 2.12 bits per heavy atom. The van der Waals surface area contributed by atoms with Gasteiger partial charge in [0.15, 0.2) is 6.61 Å². The monoisotopic (exact) mass is 472 g/mol. The molecule has 0 atom stereocenters. The number of ether oxygens (including phenoxy) is 2. The van der Waals surface area contributed by atoms with Gasteiger partial charge in [0.25, 0.3) is 0 Å². The number of hydrogen-bond donors (Lipinski definition) is 1. The normalized spacial score (nSPS) is 13.0. The molecule has 0 aromatic heterocycles. The summed E-state index contributed by atoms with van der Waals surface area (Å²) in [5, 5.41) is 8.75. The maximum Gasteiger partial charge on any atom is 0.377 e. The molecule has 24 heavy (non-hydrogen) atoms. The highest BCUT2D eigenvalue weighted by atomic mass is 127. The molecule has 0 bridgehead atoms. The zero-order valence-corrected chi connectivity index (χ0v) is 14.1. The molecule has 0 aliphatic carbocycles. The van der Waals surface area contributed by atoms with Gasteiger partial charge in [-0.2, -0.15) is 26.3 Å². The van der Waals surface area contributed by atoms with Gasteiger partial charge in [0.1, 0.15) is 12.4 Å². The van der Waals surface area contributed by atoms with Crippen LogP contribution in [0.5, 0.6) is 5.75 Å². The predicted octanol–water partition coefficient (Wildman–Crippen LogP) is 3.92. The van der Waals surface area contributed by atoms with Crippen molar-refractivity contribution in [1.82, 2.24) is 0 Å². The van der Waals surface area contributed by atoms with E-state index in [-0.39, 0.29) is 14.9 Å². The summed E-state index contributed by atoms with van der Waals surface area (Å²) in [5.74, 6) is -17.6. The van der Waals surface area contributed by atoms with Crippen molar-refractivity contribution in [2.75, 3.05) is 20.3 Å². The Morgan fingerprint density at radius 2 is 1.67 bits per heavy atom. The van der Waals surface area contributed by atoms with E-state index in [4.69, 9.17) is 5.11 Å². The number of carbonyl (C=O) groups is 1. The smallest absolute Gasteiger partial charge is 0.377 e. The molecule has 0 aliphatic heterocycles. The van der Waals surface area contributed by atoms with E-state index in [9.17, 15) is 31.1 Å². The fraction of sp³-hybridized carbons (Fsp3) is 0.462. The van der Waals surface area contributed by atoms with Gasteiger partial charge < -0.3 is 14.6 Å². The highest BCUT2D eigenvalue weighted by molar-refractivity contribution is 14.1. The number of hydrogen-bond acceptors (Lipinski definition) is 3. The molecule has 0 aliphatic rings. The molecule has 1 aromatic rings. The van der Waals surface area contributed by atoms with Crippen LogP contribution in [0, 0.1) is 3.57 Å². The molecule has 0 heterocycles. The summed E-state index contributed by atoms with van der Waals surface area (Å²) in [6, 6.07) is 3.01. The van der Waals surface area contributed by atoms with E-state index in [0.717, 1.165) is 18.2 Å². The Labute approximate surface area is 145 Å². The van der Waals surface area contributed by atoms with Crippen molar-refractivity contribution in [2.45, 2.75) is 17.8 Å². The van der Waals surface area contributed by atoms with Crippen molar-refractivity contribution in [2.24, 2.45) is 0 Å². The number of alkyl halides is 6. The molecule has 4 nitrogen and oxygen atoms in total. The van der Waals surface area contributed by atoms with E-state index in [1.54, 1.807) is 0 Å². The van der Waals surface area contributed by atoms with Crippen molar-refractivity contribution < 1.29 is 45.7 Å². The highest BCUT2D eigenvalue weighted by Crippen LogP contribution is 2.46. The third kappa shape index (κ3) is 4.23. The maximum absolute atomic E-state index is 13.5. The molecule has 1 aromatic carbocycles. The van der Waals surface area contributed by atoms with Crippen LogP contribution in [0.2, 0.25) is 0 Å². The third-order valence-corrected chi connectivity index (χ3v) is 3.68. The molecule has 0 saturated heterocycles. The average Bonchev–Trinajstić information content (AvgIpc) is 2.45. The van der Waals surface area contributed by atoms with Gasteiger partial charge in [-0.1, -0.05) is 0 Å². The van der Waals surface area contributed by atoms with Crippen LogP contribution in [0.25, 0.3) is 0 Å². The van der Waals surface area contributed by atoms with E-state index in [0.29, 0.717) is 7.11 Å². The zero-order valence-electron chi connectivity index (χ0n) is 12.0. The number of benzene rings is 1. The van der Waals surface area contributed by atoms with Crippen molar-refractivity contribution in [1.29, 1.82) is 0 Å². The van der Waals surface area contributed by atoms with Gasteiger partial charge in [-0.05, 0) is 40.8 Å². The summed E-state index contributed by atoms with van der Waals surface area (Å²) in [6.45, 7) is -3.91. The Bertz CT molecular complexity index is 608. The molecule has 136 valence electrons. The molecule has 0 spiro atoms. The van der Waals surface area contributed by atoms with Crippen LogP contribution in [0.3, 0.4) is 0 Å². The Morgan fingerprint density at radius 1 is 1.12 bits per heavy atom. The number of carboxylic acid groups (broad SMARTS) is 1. The van der Waals surface area contributed by atoms with Gasteiger partial charge in [-0.3, -0.25) is 0 Å². The van der Waals surface area contributed by atoms with Crippen LogP contribution in [0.4, 0.5) is 26.3 Å². The molecule has 0 amide bonds. The van der Waals surface area contributed by atoms with Crippen molar-refractivity contribution >= 4 is 28.6 Å². The molecule has 1 rings (SSSR count). The molecule has 0 fully saturated rings. The maximum atomic E-state index is 13.5. The molecular weight excluding hydrogens is 461 g/mol. The molecule has 0 saturated carbocycles. The number of rotatable bonds is 8. The first-order chi connectivity index (χ1) is 10.9. The van der Waals surface area contributed by atoms with Crippen molar-refractivity contribution in [3.8, 4) is 5.75 Å². The van der Waals surface area contributed by atoms with Crippen molar-refractivity contribution in [3.05, 3.63) is 27.3 Å². The largest absolute Gasteiger partial charge is 0.486 e. The summed E-state index contributed by atoms with van der Waals surface area (Å²) < 4.78 is 88.6. The van der Waals surface area contributed by atoms with Crippen molar-refractivity contribution in [3.63, 3.8) is 0 Å². The van der Waals surface area contributed by atoms with E-state index >= 15 is 0 Å². The summed E-state index contributed by atoms with van der Waals surface area (Å²) in [4.78, 5) is 10.7. The molecule has 0 radical (unpaired) electrons. The number of halogens is 7. The molecule has 1 N–H and O–H groups in total. The number of carboxylic acids is 1. The van der Waals surface area contributed by atoms with Gasteiger partial charge in [0.2, 0.25) is 0 Å². The lowest BCUT2D eigenvalue weighted by atomic mass is 10.1. The standard InChI is InChI=1S/C13H11F6IO4/c1-23-5-11(14,15)13(18,19)12(16,17)6-24-9-3-2-7(10(21)22)4-8(9)20/h2-4H,5-6H2,1H3,(H,21,22). The molecule has 0 unspecified atom stereocenters. The minimum Gasteiger partial charge on any atom is -0.486 e. The topological polar surface area (TPSA) is 55.8 Å². The van der Waals surface area contributed by atoms with Crippen LogP contribution >= 0.6 is 22.6 Å². The van der Waals surface area contributed by atoms with Gasteiger partial charge in [0.05, 0.1) is 9.13 Å². The summed E-state index contributed by atoms with van der Waals surface area (Å²) in [5.41, 5.74) is -0.185.